The maximum absolute atomic E-state index is 6.07. The highest BCUT2D eigenvalue weighted by Crippen LogP contribution is 2.35. The van der Waals surface area contributed by atoms with E-state index in [0.29, 0.717) is 6.04 Å². The maximum Gasteiger partial charge on any atom is 0.160 e. The van der Waals surface area contributed by atoms with Crippen LogP contribution < -0.4 is 5.32 Å². The highest BCUT2D eigenvalue weighted by atomic mass is 32.1. The number of para-hydroxylation sites is 1. The summed E-state index contributed by atoms with van der Waals surface area (Å²) in [5.74, 6) is 0.889. The van der Waals surface area contributed by atoms with Crippen molar-refractivity contribution < 1.29 is 4.42 Å². The first kappa shape index (κ1) is 13.0. The average molecular weight is 299 g/mol. The molecule has 0 spiro atoms. The molecule has 1 aliphatic carbocycles. The number of nitrogens with one attached hydrogen (secondary N) is 1. The molecule has 0 saturated heterocycles. The number of nitrogens with zero attached hydrogens (tertiary/aromatic N) is 2. The highest BCUT2D eigenvalue weighted by molar-refractivity contribution is 7.05. The zero-order chi connectivity index (χ0) is 14.2. The van der Waals surface area contributed by atoms with Gasteiger partial charge in [0.15, 0.2) is 5.76 Å². The molecule has 0 unspecified atom stereocenters. The van der Waals surface area contributed by atoms with Crippen LogP contribution in [0.15, 0.2) is 28.7 Å². The van der Waals surface area contributed by atoms with Gasteiger partial charge in [0.05, 0.1) is 4.88 Å². The number of fused-ring (bicyclic) bond motifs is 1. The maximum atomic E-state index is 6.07. The van der Waals surface area contributed by atoms with Crippen molar-refractivity contribution in [2.24, 2.45) is 0 Å². The number of furan rings is 1. The molecule has 5 heteroatoms. The topological polar surface area (TPSA) is 51.0 Å². The number of aromatic nitrogens is 2. The summed E-state index contributed by atoms with van der Waals surface area (Å²) >= 11 is 1.46. The van der Waals surface area contributed by atoms with E-state index in [4.69, 9.17) is 4.42 Å². The van der Waals surface area contributed by atoms with Gasteiger partial charge in [0, 0.05) is 23.5 Å². The molecule has 2 aromatic heterocycles. The molecule has 1 N–H and O–H groups in total. The summed E-state index contributed by atoms with van der Waals surface area (Å²) in [7, 11) is 0. The van der Waals surface area contributed by atoms with Crippen LogP contribution >= 0.6 is 11.5 Å². The Hall–Kier alpha value is -1.72. The van der Waals surface area contributed by atoms with Crippen molar-refractivity contribution in [3.8, 4) is 11.5 Å². The second-order valence-corrected chi connectivity index (χ2v) is 6.30. The molecular weight excluding hydrogens is 282 g/mol. The fourth-order valence-electron chi connectivity index (χ4n) is 2.66. The van der Waals surface area contributed by atoms with Crippen molar-refractivity contribution in [1.29, 1.82) is 0 Å². The Labute approximate surface area is 127 Å². The first-order chi connectivity index (χ1) is 10.4. The number of benzene rings is 1. The molecule has 3 aromatic rings. The smallest absolute Gasteiger partial charge is 0.160 e. The molecular formula is C16H17N3OS. The minimum absolute atomic E-state index is 0.682. The Morgan fingerprint density at radius 3 is 3.00 bits per heavy atom. The molecule has 1 aromatic carbocycles. The SMILES string of the molecule is CCc1c(-c2nnsc2CNC2CC2)oc2ccccc12. The average Bonchev–Trinajstić information content (AvgIpc) is 3.10. The first-order valence-electron chi connectivity index (χ1n) is 7.42. The fourth-order valence-corrected chi connectivity index (χ4v) is 3.25. The van der Waals surface area contributed by atoms with E-state index in [-0.39, 0.29) is 0 Å². The van der Waals surface area contributed by atoms with Gasteiger partial charge in [-0.3, -0.25) is 0 Å². The lowest BCUT2D eigenvalue weighted by atomic mass is 10.1. The minimum atomic E-state index is 0.682. The van der Waals surface area contributed by atoms with Gasteiger partial charge in [-0.25, -0.2) is 0 Å². The van der Waals surface area contributed by atoms with E-state index in [0.717, 1.165) is 34.9 Å². The third-order valence-corrected chi connectivity index (χ3v) is 4.67. The van der Waals surface area contributed by atoms with Crippen LogP contribution in [0, 0.1) is 0 Å². The van der Waals surface area contributed by atoms with E-state index < -0.39 is 0 Å². The van der Waals surface area contributed by atoms with Crippen molar-refractivity contribution in [2.45, 2.75) is 38.8 Å². The summed E-state index contributed by atoms with van der Waals surface area (Å²) in [4.78, 5) is 1.16. The second-order valence-electron chi connectivity index (χ2n) is 5.46. The Kier molecular flexibility index (Phi) is 3.24. The van der Waals surface area contributed by atoms with E-state index in [2.05, 4.69) is 34.0 Å². The molecule has 1 fully saturated rings. The number of aryl methyl sites for hydroxylation is 1. The molecule has 1 saturated carbocycles. The summed E-state index contributed by atoms with van der Waals surface area (Å²) in [6.07, 6.45) is 3.50. The van der Waals surface area contributed by atoms with Crippen molar-refractivity contribution in [2.75, 3.05) is 0 Å². The predicted octanol–water partition coefficient (Wildman–Crippen LogP) is 3.77. The Balaban J connectivity index is 1.77. The first-order valence-corrected chi connectivity index (χ1v) is 8.19. The zero-order valence-electron chi connectivity index (χ0n) is 11.9. The van der Waals surface area contributed by atoms with Gasteiger partial charge in [-0.1, -0.05) is 29.6 Å². The summed E-state index contributed by atoms with van der Waals surface area (Å²) in [6, 6.07) is 8.86. The van der Waals surface area contributed by atoms with E-state index in [1.54, 1.807) is 0 Å². The summed E-state index contributed by atoms with van der Waals surface area (Å²) < 4.78 is 10.2. The summed E-state index contributed by atoms with van der Waals surface area (Å²) in [5.41, 5.74) is 3.06. The molecule has 0 amide bonds. The van der Waals surface area contributed by atoms with Crippen LogP contribution in [0.2, 0.25) is 0 Å². The van der Waals surface area contributed by atoms with E-state index in [9.17, 15) is 0 Å². The lowest BCUT2D eigenvalue weighted by Crippen LogP contribution is -2.14. The van der Waals surface area contributed by atoms with Gasteiger partial charge in [-0.15, -0.1) is 5.10 Å². The van der Waals surface area contributed by atoms with Crippen molar-refractivity contribution in [1.82, 2.24) is 14.9 Å². The largest absolute Gasteiger partial charge is 0.454 e. The van der Waals surface area contributed by atoms with E-state index in [1.165, 1.54) is 35.3 Å². The van der Waals surface area contributed by atoms with E-state index >= 15 is 0 Å². The number of hydrogen-bond donors (Lipinski definition) is 1. The Morgan fingerprint density at radius 1 is 1.33 bits per heavy atom. The van der Waals surface area contributed by atoms with Gasteiger partial charge in [0.25, 0.3) is 0 Å². The van der Waals surface area contributed by atoms with Crippen LogP contribution in [-0.2, 0) is 13.0 Å². The predicted molar refractivity (Wildman–Crippen MR) is 84.4 cm³/mol. The van der Waals surface area contributed by atoms with Crippen LogP contribution in [0.25, 0.3) is 22.4 Å². The van der Waals surface area contributed by atoms with Crippen LogP contribution in [0.5, 0.6) is 0 Å². The third-order valence-electron chi connectivity index (χ3n) is 3.95. The van der Waals surface area contributed by atoms with Crippen molar-refractivity contribution in [3.63, 3.8) is 0 Å². The van der Waals surface area contributed by atoms with Crippen LogP contribution in [0.1, 0.15) is 30.2 Å². The van der Waals surface area contributed by atoms with Crippen LogP contribution in [-0.4, -0.2) is 15.6 Å². The lowest BCUT2D eigenvalue weighted by molar-refractivity contribution is 0.621. The van der Waals surface area contributed by atoms with Crippen molar-refractivity contribution >= 4 is 22.5 Å². The molecule has 1 aliphatic rings. The Morgan fingerprint density at radius 2 is 2.19 bits per heavy atom. The second kappa shape index (κ2) is 5.24. The van der Waals surface area contributed by atoms with Gasteiger partial charge in [0.1, 0.15) is 11.3 Å². The number of rotatable bonds is 5. The normalized spacial score (nSPS) is 14.9. The molecule has 0 aliphatic heterocycles. The zero-order valence-corrected chi connectivity index (χ0v) is 12.7. The molecule has 4 rings (SSSR count). The molecule has 4 nitrogen and oxygen atoms in total. The monoisotopic (exact) mass is 299 g/mol. The van der Waals surface area contributed by atoms with Gasteiger partial charge < -0.3 is 9.73 Å². The highest BCUT2D eigenvalue weighted by Gasteiger charge is 2.24. The van der Waals surface area contributed by atoms with E-state index in [1.807, 2.05) is 12.1 Å². The standard InChI is InChI=1S/C16H17N3OS/c1-2-11-12-5-3-4-6-13(12)20-16(11)15-14(21-19-18-15)9-17-10-7-8-10/h3-6,10,17H,2,7-9H2,1H3. The Bertz CT molecular complexity index is 773. The van der Waals surface area contributed by atoms with Gasteiger partial charge in [0.2, 0.25) is 0 Å². The molecule has 108 valence electrons. The summed E-state index contributed by atoms with van der Waals surface area (Å²) in [5, 5.41) is 9.04. The quantitative estimate of drug-likeness (QED) is 0.779. The number of hydrogen-bond acceptors (Lipinski definition) is 5. The lowest BCUT2D eigenvalue weighted by Gasteiger charge is -2.02. The molecule has 2 heterocycles. The van der Waals surface area contributed by atoms with Crippen molar-refractivity contribution in [3.05, 3.63) is 34.7 Å². The third kappa shape index (κ3) is 2.36. The molecule has 0 bridgehead atoms. The van der Waals surface area contributed by atoms with Crippen LogP contribution in [0.3, 0.4) is 0 Å². The molecule has 0 radical (unpaired) electrons. The van der Waals surface area contributed by atoms with Crippen LogP contribution in [0.4, 0.5) is 0 Å². The summed E-state index contributed by atoms with van der Waals surface area (Å²) in [6.45, 7) is 2.99. The molecule has 21 heavy (non-hydrogen) atoms. The molecule has 0 atom stereocenters. The van der Waals surface area contributed by atoms with Gasteiger partial charge >= 0.3 is 0 Å². The minimum Gasteiger partial charge on any atom is -0.454 e. The van der Waals surface area contributed by atoms with Gasteiger partial charge in [-0.05, 0) is 36.9 Å². The van der Waals surface area contributed by atoms with Gasteiger partial charge in [-0.2, -0.15) is 0 Å². The fraction of sp³-hybridized carbons (Fsp3) is 0.375.